The number of rotatable bonds is 4. The number of aromatic amines is 1. The molecule has 0 aliphatic carbocycles. The maximum atomic E-state index is 11.1. The third-order valence-corrected chi connectivity index (χ3v) is 4.02. The molecule has 0 atom stereocenters. The first kappa shape index (κ1) is 16.0. The summed E-state index contributed by atoms with van der Waals surface area (Å²) in [4.78, 5) is 11.1. The van der Waals surface area contributed by atoms with E-state index >= 15 is 0 Å². The molecule has 0 radical (unpaired) electrons. The highest BCUT2D eigenvalue weighted by molar-refractivity contribution is 5.46. The van der Waals surface area contributed by atoms with E-state index < -0.39 is 0 Å². The van der Waals surface area contributed by atoms with Gasteiger partial charge in [-0.05, 0) is 67.3 Å². The van der Waals surface area contributed by atoms with Crippen LogP contribution in [-0.2, 0) is 6.42 Å². The van der Waals surface area contributed by atoms with Crippen molar-refractivity contribution in [3.8, 4) is 11.5 Å². The molecule has 0 amide bonds. The molecule has 0 spiro atoms. The average Bonchev–Trinajstić information content (AvgIpc) is 2.54. The van der Waals surface area contributed by atoms with E-state index in [4.69, 9.17) is 4.74 Å². The van der Waals surface area contributed by atoms with Crippen LogP contribution in [0, 0.1) is 20.8 Å². The quantitative estimate of drug-likeness (QED) is 0.788. The molecule has 1 N–H and O–H groups in total. The summed E-state index contributed by atoms with van der Waals surface area (Å²) in [6.45, 7) is 6.17. The Morgan fingerprint density at radius 1 is 1.04 bits per heavy atom. The van der Waals surface area contributed by atoms with Crippen molar-refractivity contribution in [1.29, 1.82) is 0 Å². The zero-order valence-electron chi connectivity index (χ0n) is 14.1. The Labute approximate surface area is 141 Å². The Balaban J connectivity index is 1.90. The fourth-order valence-corrected chi connectivity index (χ4v) is 2.59. The van der Waals surface area contributed by atoms with Crippen molar-refractivity contribution in [3.05, 3.63) is 86.8 Å². The van der Waals surface area contributed by atoms with Crippen molar-refractivity contribution >= 4 is 0 Å². The van der Waals surface area contributed by atoms with Crippen molar-refractivity contribution in [2.24, 2.45) is 0 Å². The highest BCUT2D eigenvalue weighted by atomic mass is 16.5. The van der Waals surface area contributed by atoms with E-state index in [1.165, 1.54) is 11.6 Å². The number of benzene rings is 2. The van der Waals surface area contributed by atoms with Gasteiger partial charge in [-0.25, -0.2) is 5.10 Å². The van der Waals surface area contributed by atoms with Gasteiger partial charge >= 0.3 is 0 Å². The van der Waals surface area contributed by atoms with E-state index in [2.05, 4.69) is 30.1 Å². The standard InChI is InChI=1S/C20H20N2O2/c1-13-5-4-6-18(9-13)24-19-12-16(10-14(2)15(19)3)11-17-7-8-20(23)22-21-17/h4-10,12H,11H2,1-3H3,(H,22,23). The number of H-pyrrole nitrogens is 1. The third kappa shape index (κ3) is 3.71. The molecule has 0 saturated heterocycles. The topological polar surface area (TPSA) is 55.0 Å². The molecule has 0 fully saturated rings. The number of nitrogens with zero attached hydrogens (tertiary/aromatic N) is 1. The van der Waals surface area contributed by atoms with Crippen LogP contribution in [0.2, 0.25) is 0 Å². The Morgan fingerprint density at radius 2 is 1.88 bits per heavy atom. The Hall–Kier alpha value is -2.88. The second-order valence-electron chi connectivity index (χ2n) is 6.04. The normalized spacial score (nSPS) is 10.6. The number of ether oxygens (including phenoxy) is 1. The minimum Gasteiger partial charge on any atom is -0.457 e. The summed E-state index contributed by atoms with van der Waals surface area (Å²) in [6.07, 6.45) is 0.641. The smallest absolute Gasteiger partial charge is 0.264 e. The number of aryl methyl sites for hydroxylation is 2. The lowest BCUT2D eigenvalue weighted by atomic mass is 10.0. The van der Waals surface area contributed by atoms with Crippen LogP contribution in [0.4, 0.5) is 0 Å². The summed E-state index contributed by atoms with van der Waals surface area (Å²) in [5.41, 5.74) is 5.17. The van der Waals surface area contributed by atoms with Crippen LogP contribution in [0.5, 0.6) is 11.5 Å². The number of aromatic nitrogens is 2. The second-order valence-corrected chi connectivity index (χ2v) is 6.04. The highest BCUT2D eigenvalue weighted by Crippen LogP contribution is 2.29. The van der Waals surface area contributed by atoms with Gasteiger partial charge in [0.05, 0.1) is 5.69 Å². The SMILES string of the molecule is Cc1cccc(Oc2cc(Cc3ccc(=O)[nH]n3)cc(C)c2C)c1. The molecule has 0 bridgehead atoms. The van der Waals surface area contributed by atoms with Gasteiger partial charge in [0.25, 0.3) is 5.56 Å². The fourth-order valence-electron chi connectivity index (χ4n) is 2.59. The molecule has 0 unspecified atom stereocenters. The fraction of sp³-hybridized carbons (Fsp3) is 0.200. The second kappa shape index (κ2) is 6.71. The van der Waals surface area contributed by atoms with Gasteiger partial charge < -0.3 is 4.74 Å². The maximum Gasteiger partial charge on any atom is 0.264 e. The van der Waals surface area contributed by atoms with Crippen molar-refractivity contribution in [1.82, 2.24) is 10.2 Å². The van der Waals surface area contributed by atoms with Crippen LogP contribution in [0.15, 0.2) is 53.3 Å². The van der Waals surface area contributed by atoms with Gasteiger partial charge in [-0.3, -0.25) is 4.79 Å². The molecule has 0 saturated carbocycles. The lowest BCUT2D eigenvalue weighted by molar-refractivity contribution is 0.477. The van der Waals surface area contributed by atoms with Crippen molar-refractivity contribution in [2.75, 3.05) is 0 Å². The van der Waals surface area contributed by atoms with Gasteiger partial charge in [-0.1, -0.05) is 18.2 Å². The van der Waals surface area contributed by atoms with E-state index in [1.807, 2.05) is 37.3 Å². The summed E-state index contributed by atoms with van der Waals surface area (Å²) < 4.78 is 6.09. The van der Waals surface area contributed by atoms with Gasteiger partial charge in [0.15, 0.2) is 0 Å². The van der Waals surface area contributed by atoms with Crippen molar-refractivity contribution in [3.63, 3.8) is 0 Å². The van der Waals surface area contributed by atoms with Gasteiger partial charge in [0.1, 0.15) is 11.5 Å². The molecule has 3 aromatic rings. The summed E-state index contributed by atoms with van der Waals surface area (Å²) in [6, 6.07) is 15.4. The first-order valence-corrected chi connectivity index (χ1v) is 7.90. The van der Waals surface area contributed by atoms with Crippen molar-refractivity contribution < 1.29 is 4.74 Å². The predicted octanol–water partition coefficient (Wildman–Crippen LogP) is 4.08. The molecule has 2 aromatic carbocycles. The van der Waals surface area contributed by atoms with Gasteiger partial charge in [-0.15, -0.1) is 0 Å². The van der Waals surface area contributed by atoms with E-state index in [9.17, 15) is 4.79 Å². The van der Waals surface area contributed by atoms with Crippen LogP contribution in [0.3, 0.4) is 0 Å². The molecule has 4 nitrogen and oxygen atoms in total. The molecule has 24 heavy (non-hydrogen) atoms. The zero-order chi connectivity index (χ0) is 17.1. The number of hydrogen-bond acceptors (Lipinski definition) is 3. The molecule has 122 valence electrons. The minimum atomic E-state index is -0.192. The molecule has 1 heterocycles. The molecule has 0 aliphatic rings. The van der Waals surface area contributed by atoms with Crippen LogP contribution < -0.4 is 10.3 Å². The van der Waals surface area contributed by atoms with E-state index in [1.54, 1.807) is 6.07 Å². The first-order valence-electron chi connectivity index (χ1n) is 7.90. The third-order valence-electron chi connectivity index (χ3n) is 4.02. The van der Waals surface area contributed by atoms with Gasteiger partial charge in [0.2, 0.25) is 0 Å². The Kier molecular flexibility index (Phi) is 4.47. The van der Waals surface area contributed by atoms with Crippen molar-refractivity contribution in [2.45, 2.75) is 27.2 Å². The monoisotopic (exact) mass is 320 g/mol. The van der Waals surface area contributed by atoms with Crippen LogP contribution in [-0.4, -0.2) is 10.2 Å². The highest BCUT2D eigenvalue weighted by Gasteiger charge is 2.08. The lowest BCUT2D eigenvalue weighted by Crippen LogP contribution is -2.08. The van der Waals surface area contributed by atoms with Gasteiger partial charge in [0, 0.05) is 12.5 Å². The molecular formula is C20H20N2O2. The van der Waals surface area contributed by atoms with Gasteiger partial charge in [-0.2, -0.15) is 5.10 Å². The maximum absolute atomic E-state index is 11.1. The summed E-state index contributed by atoms with van der Waals surface area (Å²) in [5, 5.41) is 6.54. The number of nitrogens with one attached hydrogen (secondary N) is 1. The lowest BCUT2D eigenvalue weighted by Gasteiger charge is -2.13. The summed E-state index contributed by atoms with van der Waals surface area (Å²) in [7, 11) is 0. The summed E-state index contributed by atoms with van der Waals surface area (Å²) in [5.74, 6) is 1.68. The molecule has 4 heteroatoms. The minimum absolute atomic E-state index is 0.192. The molecule has 0 aliphatic heterocycles. The predicted molar refractivity (Wildman–Crippen MR) is 94.8 cm³/mol. The Bertz CT molecular complexity index is 909. The summed E-state index contributed by atoms with van der Waals surface area (Å²) >= 11 is 0. The molecular weight excluding hydrogens is 300 g/mol. The van der Waals surface area contributed by atoms with Crippen LogP contribution >= 0.6 is 0 Å². The average molecular weight is 320 g/mol. The number of hydrogen-bond donors (Lipinski definition) is 1. The van der Waals surface area contributed by atoms with E-state index in [0.717, 1.165) is 33.9 Å². The van der Waals surface area contributed by atoms with E-state index in [0.29, 0.717) is 6.42 Å². The first-order chi connectivity index (χ1) is 11.5. The van der Waals surface area contributed by atoms with Crippen LogP contribution in [0.25, 0.3) is 0 Å². The Morgan fingerprint density at radius 3 is 2.58 bits per heavy atom. The zero-order valence-corrected chi connectivity index (χ0v) is 14.1. The molecule has 3 rings (SSSR count). The largest absolute Gasteiger partial charge is 0.457 e. The van der Waals surface area contributed by atoms with Crippen LogP contribution in [0.1, 0.15) is 27.9 Å². The van der Waals surface area contributed by atoms with E-state index in [-0.39, 0.29) is 5.56 Å². The molecule has 1 aromatic heterocycles.